The molecule has 1 aromatic heterocycles. The average Bonchev–Trinajstić information content (AvgIpc) is 2.68. The Morgan fingerprint density at radius 2 is 1.96 bits per heavy atom. The summed E-state index contributed by atoms with van der Waals surface area (Å²) in [4.78, 5) is 28.0. The third-order valence-electron chi connectivity index (χ3n) is 5.70. The first-order valence-electron chi connectivity index (χ1n) is 9.64. The Bertz CT molecular complexity index is 928. The van der Waals surface area contributed by atoms with Crippen LogP contribution in [0.2, 0.25) is 0 Å². The number of hydrogen-bond acceptors (Lipinski definition) is 6. The molecule has 1 saturated heterocycles. The Morgan fingerprint density at radius 1 is 1.19 bits per heavy atom. The zero-order chi connectivity index (χ0) is 19.0. The van der Waals surface area contributed by atoms with E-state index in [0.717, 1.165) is 36.9 Å². The van der Waals surface area contributed by atoms with Crippen LogP contribution in [0.3, 0.4) is 0 Å². The number of ether oxygens (including phenoxy) is 2. The molecular formula is C21H25NO5. The summed E-state index contributed by atoms with van der Waals surface area (Å²) in [6, 6.07) is 5.08. The van der Waals surface area contributed by atoms with E-state index in [1.54, 1.807) is 6.07 Å². The molecule has 0 radical (unpaired) electrons. The van der Waals surface area contributed by atoms with Gasteiger partial charge in [-0.25, -0.2) is 4.79 Å². The van der Waals surface area contributed by atoms with Crippen LogP contribution in [0.25, 0.3) is 11.0 Å². The van der Waals surface area contributed by atoms with Crippen LogP contribution in [0.5, 0.6) is 5.75 Å². The fraction of sp³-hybridized carbons (Fsp3) is 0.524. The number of carbonyl (C=O) groups excluding carboxylic acids is 1. The number of fused-ring (bicyclic) bond motifs is 3. The highest BCUT2D eigenvalue weighted by molar-refractivity contribution is 6.14. The molecule has 2 aromatic rings. The Morgan fingerprint density at radius 3 is 2.70 bits per heavy atom. The Balaban J connectivity index is 1.88. The number of likely N-dealkylation sites (tertiary alicyclic amines) is 1. The minimum absolute atomic E-state index is 0.0709. The quantitative estimate of drug-likeness (QED) is 0.770. The fourth-order valence-corrected chi connectivity index (χ4v) is 4.22. The van der Waals surface area contributed by atoms with E-state index in [0.29, 0.717) is 23.5 Å². The van der Waals surface area contributed by atoms with Crippen molar-refractivity contribution in [2.24, 2.45) is 0 Å². The summed E-state index contributed by atoms with van der Waals surface area (Å²) >= 11 is 0. The molecule has 1 unspecified atom stereocenters. The van der Waals surface area contributed by atoms with Gasteiger partial charge in [0.2, 0.25) is 0 Å². The van der Waals surface area contributed by atoms with Gasteiger partial charge in [0.1, 0.15) is 23.5 Å². The number of nitrogens with zero attached hydrogens (tertiary/aromatic N) is 1. The molecule has 0 N–H and O–H groups in total. The van der Waals surface area contributed by atoms with Gasteiger partial charge in [-0.3, -0.25) is 9.69 Å². The first-order valence-corrected chi connectivity index (χ1v) is 9.64. The topological polar surface area (TPSA) is 69.0 Å². The van der Waals surface area contributed by atoms with Gasteiger partial charge in [-0.05, 0) is 57.5 Å². The summed E-state index contributed by atoms with van der Waals surface area (Å²) in [6.45, 7) is 6.49. The molecule has 0 amide bonds. The lowest BCUT2D eigenvalue weighted by molar-refractivity contribution is -0.0300. The van der Waals surface area contributed by atoms with Crippen LogP contribution in [0.4, 0.5) is 0 Å². The van der Waals surface area contributed by atoms with Crippen LogP contribution < -0.4 is 10.4 Å². The average molecular weight is 371 g/mol. The number of hydrogen-bond donors (Lipinski definition) is 0. The molecule has 4 rings (SSSR count). The van der Waals surface area contributed by atoms with Crippen molar-refractivity contribution in [1.82, 2.24) is 4.90 Å². The predicted octanol–water partition coefficient (Wildman–Crippen LogP) is 2.94. The lowest BCUT2D eigenvalue weighted by Gasteiger charge is -2.46. The predicted molar refractivity (Wildman–Crippen MR) is 102 cm³/mol. The van der Waals surface area contributed by atoms with Gasteiger partial charge in [0.15, 0.2) is 11.4 Å². The molecule has 2 aliphatic rings. The van der Waals surface area contributed by atoms with Crippen molar-refractivity contribution in [3.63, 3.8) is 0 Å². The van der Waals surface area contributed by atoms with Gasteiger partial charge >= 0.3 is 5.63 Å². The second-order valence-corrected chi connectivity index (χ2v) is 7.40. The number of carbonyl (C=O) groups is 1. The maximum absolute atomic E-state index is 13.8. The van der Waals surface area contributed by atoms with E-state index < -0.39 is 11.2 Å². The molecular weight excluding hydrogens is 346 g/mol. The van der Waals surface area contributed by atoms with Crippen LogP contribution in [0.1, 0.15) is 42.1 Å². The molecule has 0 bridgehead atoms. The van der Waals surface area contributed by atoms with Gasteiger partial charge in [-0.15, -0.1) is 0 Å². The third kappa shape index (κ3) is 2.97. The Labute approximate surface area is 158 Å². The standard InChI is InChI=1S/C21H25NO5/c1-3-25-12-21(22-9-5-4-6-10-22)13-26-16-8-7-15-14(2)11-17(23)27-19(15)18(16)20(21)24/h7-8,11H,3-6,9-10,12-13H2,1-2H3. The minimum atomic E-state index is -0.875. The highest BCUT2D eigenvalue weighted by atomic mass is 16.5. The van der Waals surface area contributed by atoms with Crippen LogP contribution in [-0.4, -0.2) is 49.1 Å². The number of ketones is 1. The Hall–Kier alpha value is -2.18. The summed E-state index contributed by atoms with van der Waals surface area (Å²) in [6.07, 6.45) is 3.28. The monoisotopic (exact) mass is 371 g/mol. The van der Waals surface area contributed by atoms with Gasteiger partial charge in [-0.1, -0.05) is 6.42 Å². The second-order valence-electron chi connectivity index (χ2n) is 7.40. The first kappa shape index (κ1) is 18.2. The van der Waals surface area contributed by atoms with Gasteiger partial charge in [-0.2, -0.15) is 0 Å². The molecule has 6 nitrogen and oxygen atoms in total. The van der Waals surface area contributed by atoms with E-state index in [-0.39, 0.29) is 19.0 Å². The zero-order valence-electron chi connectivity index (χ0n) is 15.9. The van der Waals surface area contributed by atoms with E-state index in [1.165, 1.54) is 12.5 Å². The summed E-state index contributed by atoms with van der Waals surface area (Å²) in [7, 11) is 0. The summed E-state index contributed by atoms with van der Waals surface area (Å²) in [5.41, 5.74) is 0.140. The molecule has 1 fully saturated rings. The molecule has 0 aliphatic carbocycles. The first-order chi connectivity index (χ1) is 13.1. The minimum Gasteiger partial charge on any atom is -0.490 e. The van der Waals surface area contributed by atoms with Gasteiger partial charge in [0, 0.05) is 18.1 Å². The third-order valence-corrected chi connectivity index (χ3v) is 5.70. The molecule has 2 aliphatic heterocycles. The molecule has 3 heterocycles. The van der Waals surface area contributed by atoms with Crippen molar-refractivity contribution in [3.05, 3.63) is 39.7 Å². The number of rotatable bonds is 4. The highest BCUT2D eigenvalue weighted by Crippen LogP contribution is 2.39. The number of aryl methyl sites for hydroxylation is 1. The van der Waals surface area contributed by atoms with Crippen LogP contribution in [-0.2, 0) is 4.74 Å². The van der Waals surface area contributed by atoms with Crippen LogP contribution in [0, 0.1) is 6.92 Å². The van der Waals surface area contributed by atoms with E-state index >= 15 is 0 Å². The van der Waals surface area contributed by atoms with Gasteiger partial charge in [0.05, 0.1) is 6.61 Å². The molecule has 1 aromatic carbocycles. The molecule has 1 atom stereocenters. The molecule has 0 spiro atoms. The number of Topliss-reactive ketones (excluding diaryl/α,β-unsaturated/α-hetero) is 1. The molecule has 27 heavy (non-hydrogen) atoms. The van der Waals surface area contributed by atoms with Crippen molar-refractivity contribution in [2.75, 3.05) is 32.9 Å². The highest BCUT2D eigenvalue weighted by Gasteiger charge is 2.50. The zero-order valence-corrected chi connectivity index (χ0v) is 15.9. The summed E-state index contributed by atoms with van der Waals surface area (Å²) in [5.74, 6) is 0.406. The summed E-state index contributed by atoms with van der Waals surface area (Å²) in [5, 5.41) is 0.760. The maximum atomic E-state index is 13.8. The number of benzene rings is 1. The van der Waals surface area contributed by atoms with Gasteiger partial charge in [0.25, 0.3) is 0 Å². The van der Waals surface area contributed by atoms with E-state index in [4.69, 9.17) is 13.9 Å². The molecule has 0 saturated carbocycles. The smallest absolute Gasteiger partial charge is 0.336 e. The maximum Gasteiger partial charge on any atom is 0.336 e. The SMILES string of the molecule is CCOCC1(N2CCCCC2)COc2ccc3c(C)cc(=O)oc3c2C1=O. The lowest BCUT2D eigenvalue weighted by Crippen LogP contribution is -2.64. The normalized spacial score (nSPS) is 23.3. The van der Waals surface area contributed by atoms with Crippen molar-refractivity contribution >= 4 is 16.8 Å². The van der Waals surface area contributed by atoms with Crippen LogP contribution in [0.15, 0.2) is 27.4 Å². The summed E-state index contributed by atoms with van der Waals surface area (Å²) < 4.78 is 17.3. The van der Waals surface area contributed by atoms with Crippen molar-refractivity contribution in [3.8, 4) is 5.75 Å². The van der Waals surface area contributed by atoms with E-state index in [2.05, 4.69) is 4.90 Å². The Kier molecular flexibility index (Phi) is 4.78. The van der Waals surface area contributed by atoms with Crippen molar-refractivity contribution in [1.29, 1.82) is 0 Å². The molecule has 144 valence electrons. The van der Waals surface area contributed by atoms with Crippen molar-refractivity contribution < 1.29 is 18.7 Å². The second kappa shape index (κ2) is 7.09. The lowest BCUT2D eigenvalue weighted by atomic mass is 9.84. The van der Waals surface area contributed by atoms with Crippen molar-refractivity contribution in [2.45, 2.75) is 38.6 Å². The number of piperidine rings is 1. The fourth-order valence-electron chi connectivity index (χ4n) is 4.22. The van der Waals surface area contributed by atoms with Crippen LogP contribution >= 0.6 is 0 Å². The van der Waals surface area contributed by atoms with Gasteiger partial charge < -0.3 is 13.9 Å². The largest absolute Gasteiger partial charge is 0.490 e. The van der Waals surface area contributed by atoms with E-state index in [1.807, 2.05) is 19.9 Å². The van der Waals surface area contributed by atoms with E-state index in [9.17, 15) is 9.59 Å². The molecule has 6 heteroatoms.